The number of amides is 1. The van der Waals surface area contributed by atoms with Crippen molar-refractivity contribution in [3.05, 3.63) is 59.1 Å². The van der Waals surface area contributed by atoms with Crippen molar-refractivity contribution >= 4 is 29.2 Å². The zero-order valence-corrected chi connectivity index (χ0v) is 14.8. The van der Waals surface area contributed by atoms with Crippen LogP contribution in [0.3, 0.4) is 0 Å². The Labute approximate surface area is 153 Å². The van der Waals surface area contributed by atoms with Gasteiger partial charge in [-0.05, 0) is 56.3 Å². The molecule has 0 saturated heterocycles. The molecule has 1 amide bonds. The van der Waals surface area contributed by atoms with E-state index in [1.807, 2.05) is 0 Å². The zero-order chi connectivity index (χ0) is 19.3. The SMILES string of the molecule is CC(C)(Oc1ccc(F)cc1)C(=O)OCC(=O)Nc1ccc(F)cc1Cl. The van der Waals surface area contributed by atoms with Gasteiger partial charge in [0.05, 0.1) is 10.7 Å². The molecule has 2 aromatic rings. The van der Waals surface area contributed by atoms with E-state index in [4.69, 9.17) is 21.1 Å². The number of carbonyl (C=O) groups is 2. The van der Waals surface area contributed by atoms with Gasteiger partial charge in [0.15, 0.2) is 12.2 Å². The van der Waals surface area contributed by atoms with E-state index in [0.29, 0.717) is 0 Å². The summed E-state index contributed by atoms with van der Waals surface area (Å²) in [4.78, 5) is 24.0. The lowest BCUT2D eigenvalue weighted by molar-refractivity contribution is -0.161. The second-order valence-corrected chi connectivity index (χ2v) is 6.22. The highest BCUT2D eigenvalue weighted by Gasteiger charge is 2.32. The summed E-state index contributed by atoms with van der Waals surface area (Å²) in [7, 11) is 0. The Balaban J connectivity index is 1.89. The summed E-state index contributed by atoms with van der Waals surface area (Å²) in [5, 5.41) is 2.42. The molecular formula is C18H16ClF2NO4. The molecule has 0 bridgehead atoms. The maximum atomic E-state index is 13.0. The van der Waals surface area contributed by atoms with Crippen molar-refractivity contribution in [2.24, 2.45) is 0 Å². The summed E-state index contributed by atoms with van der Waals surface area (Å²) in [5.74, 6) is -2.14. The van der Waals surface area contributed by atoms with Gasteiger partial charge in [0.1, 0.15) is 17.4 Å². The van der Waals surface area contributed by atoms with Gasteiger partial charge in [-0.25, -0.2) is 13.6 Å². The van der Waals surface area contributed by atoms with E-state index < -0.39 is 35.7 Å². The van der Waals surface area contributed by atoms with Crippen LogP contribution in [0.1, 0.15) is 13.8 Å². The second kappa shape index (κ2) is 8.14. The maximum Gasteiger partial charge on any atom is 0.350 e. The van der Waals surface area contributed by atoms with E-state index in [-0.39, 0.29) is 16.5 Å². The highest BCUT2D eigenvalue weighted by atomic mass is 35.5. The quantitative estimate of drug-likeness (QED) is 0.767. The Morgan fingerprint density at radius 3 is 2.31 bits per heavy atom. The van der Waals surface area contributed by atoms with Crippen LogP contribution in [0.4, 0.5) is 14.5 Å². The number of anilines is 1. The third-order valence-electron chi connectivity index (χ3n) is 3.22. The highest BCUT2D eigenvalue weighted by molar-refractivity contribution is 6.33. The van der Waals surface area contributed by atoms with Crippen molar-refractivity contribution < 1.29 is 27.8 Å². The van der Waals surface area contributed by atoms with Gasteiger partial charge < -0.3 is 14.8 Å². The number of benzene rings is 2. The molecule has 2 aromatic carbocycles. The van der Waals surface area contributed by atoms with Gasteiger partial charge in [0.2, 0.25) is 0 Å². The van der Waals surface area contributed by atoms with Crippen LogP contribution in [0.15, 0.2) is 42.5 Å². The Morgan fingerprint density at radius 2 is 1.69 bits per heavy atom. The van der Waals surface area contributed by atoms with Crippen molar-refractivity contribution in [2.45, 2.75) is 19.4 Å². The zero-order valence-electron chi connectivity index (χ0n) is 14.0. The first kappa shape index (κ1) is 19.7. The van der Waals surface area contributed by atoms with Gasteiger partial charge in [-0.2, -0.15) is 0 Å². The van der Waals surface area contributed by atoms with Gasteiger partial charge in [-0.1, -0.05) is 11.6 Å². The summed E-state index contributed by atoms with van der Waals surface area (Å²) in [6.07, 6.45) is 0. The number of hydrogen-bond acceptors (Lipinski definition) is 4. The molecule has 0 radical (unpaired) electrons. The first-order chi connectivity index (χ1) is 12.2. The van der Waals surface area contributed by atoms with E-state index in [9.17, 15) is 18.4 Å². The lowest BCUT2D eigenvalue weighted by atomic mass is 10.1. The molecular weight excluding hydrogens is 368 g/mol. The predicted molar refractivity (Wildman–Crippen MR) is 92.1 cm³/mol. The molecule has 0 aliphatic carbocycles. The highest BCUT2D eigenvalue weighted by Crippen LogP contribution is 2.23. The molecule has 0 atom stereocenters. The van der Waals surface area contributed by atoms with Crippen molar-refractivity contribution in [3.63, 3.8) is 0 Å². The molecule has 1 N–H and O–H groups in total. The molecule has 2 rings (SSSR count). The van der Waals surface area contributed by atoms with Crippen LogP contribution >= 0.6 is 11.6 Å². The topological polar surface area (TPSA) is 64.6 Å². The summed E-state index contributed by atoms with van der Waals surface area (Å²) >= 11 is 5.80. The monoisotopic (exact) mass is 383 g/mol. The number of halogens is 3. The lowest BCUT2D eigenvalue weighted by Crippen LogP contribution is -2.41. The molecule has 0 fully saturated rings. The third-order valence-corrected chi connectivity index (χ3v) is 3.53. The summed E-state index contributed by atoms with van der Waals surface area (Å²) in [6.45, 7) is 2.32. The molecule has 0 aliphatic heterocycles. The molecule has 0 unspecified atom stereocenters. The Morgan fingerprint density at radius 1 is 1.08 bits per heavy atom. The standard InChI is InChI=1S/C18H16ClF2NO4/c1-18(2,26-13-6-3-11(20)4-7-13)17(24)25-10-16(23)22-15-8-5-12(21)9-14(15)19/h3-9H,10H2,1-2H3,(H,22,23). The predicted octanol–water partition coefficient (Wildman–Crippen LogP) is 3.96. The van der Waals surface area contributed by atoms with Crippen molar-refractivity contribution in [1.82, 2.24) is 0 Å². The van der Waals surface area contributed by atoms with Crippen LogP contribution in [0, 0.1) is 11.6 Å². The van der Waals surface area contributed by atoms with E-state index in [0.717, 1.165) is 12.1 Å². The van der Waals surface area contributed by atoms with Gasteiger partial charge in [-0.15, -0.1) is 0 Å². The van der Waals surface area contributed by atoms with Crippen molar-refractivity contribution in [1.29, 1.82) is 0 Å². The smallest absolute Gasteiger partial charge is 0.350 e. The fourth-order valence-corrected chi connectivity index (χ4v) is 2.14. The van der Waals surface area contributed by atoms with Gasteiger partial charge >= 0.3 is 5.97 Å². The van der Waals surface area contributed by atoms with Crippen LogP contribution in [0.2, 0.25) is 5.02 Å². The van der Waals surface area contributed by atoms with E-state index in [2.05, 4.69) is 5.32 Å². The van der Waals surface area contributed by atoms with Crippen LogP contribution in [0.25, 0.3) is 0 Å². The number of hydrogen-bond donors (Lipinski definition) is 1. The van der Waals surface area contributed by atoms with Crippen LogP contribution < -0.4 is 10.1 Å². The third kappa shape index (κ3) is 5.42. The number of carbonyl (C=O) groups excluding carboxylic acids is 2. The first-order valence-corrected chi connectivity index (χ1v) is 7.92. The van der Waals surface area contributed by atoms with Crippen LogP contribution in [0.5, 0.6) is 5.75 Å². The molecule has 0 spiro atoms. The summed E-state index contributed by atoms with van der Waals surface area (Å²) in [5.41, 5.74) is -1.21. The number of rotatable bonds is 6. The Hall–Kier alpha value is -2.67. The molecule has 0 saturated carbocycles. The normalized spacial score (nSPS) is 11.0. The first-order valence-electron chi connectivity index (χ1n) is 7.54. The Bertz CT molecular complexity index is 809. The van der Waals surface area contributed by atoms with Crippen molar-refractivity contribution in [2.75, 3.05) is 11.9 Å². The minimum absolute atomic E-state index is 0.0182. The van der Waals surface area contributed by atoms with Crippen LogP contribution in [-0.4, -0.2) is 24.1 Å². The van der Waals surface area contributed by atoms with E-state index >= 15 is 0 Å². The minimum Gasteiger partial charge on any atom is -0.476 e. The van der Waals surface area contributed by atoms with E-state index in [1.54, 1.807) is 0 Å². The molecule has 0 heterocycles. The number of esters is 1. The minimum atomic E-state index is -1.40. The van der Waals surface area contributed by atoms with Gasteiger partial charge in [0.25, 0.3) is 5.91 Å². The molecule has 5 nitrogen and oxygen atoms in total. The fraction of sp³-hybridized carbons (Fsp3) is 0.222. The molecule has 8 heteroatoms. The molecule has 26 heavy (non-hydrogen) atoms. The summed E-state index contributed by atoms with van der Waals surface area (Å²) < 4.78 is 36.3. The number of nitrogens with one attached hydrogen (secondary N) is 1. The van der Waals surface area contributed by atoms with Gasteiger partial charge in [-0.3, -0.25) is 4.79 Å². The number of ether oxygens (including phenoxy) is 2. The largest absolute Gasteiger partial charge is 0.476 e. The van der Waals surface area contributed by atoms with Crippen molar-refractivity contribution in [3.8, 4) is 5.75 Å². The second-order valence-electron chi connectivity index (χ2n) is 5.81. The average molecular weight is 384 g/mol. The van der Waals surface area contributed by atoms with E-state index in [1.165, 1.54) is 44.2 Å². The molecule has 0 aromatic heterocycles. The van der Waals surface area contributed by atoms with Crippen LogP contribution in [-0.2, 0) is 14.3 Å². The fourth-order valence-electron chi connectivity index (χ4n) is 1.92. The van der Waals surface area contributed by atoms with Gasteiger partial charge in [0, 0.05) is 0 Å². The molecule has 0 aliphatic rings. The lowest BCUT2D eigenvalue weighted by Gasteiger charge is -2.24. The molecule has 138 valence electrons. The summed E-state index contributed by atoms with van der Waals surface area (Å²) in [6, 6.07) is 8.59. The Kier molecular flexibility index (Phi) is 6.15. The average Bonchev–Trinajstić information content (AvgIpc) is 2.57. The maximum absolute atomic E-state index is 13.0.